The molecule has 28 heavy (non-hydrogen) atoms. The second-order valence-corrected chi connectivity index (χ2v) is 6.84. The molecule has 4 nitrogen and oxygen atoms in total. The van der Waals surface area contributed by atoms with E-state index in [1.807, 2.05) is 78.9 Å². The molecule has 138 valence electrons. The number of carbonyl (C=O) groups is 2. The van der Waals surface area contributed by atoms with Crippen LogP contribution in [-0.4, -0.2) is 17.9 Å². The van der Waals surface area contributed by atoms with Gasteiger partial charge in [0.05, 0.1) is 0 Å². The number of rotatable bonds is 5. The highest BCUT2D eigenvalue weighted by molar-refractivity contribution is 6.08. The van der Waals surface area contributed by atoms with Crippen molar-refractivity contribution in [2.45, 2.75) is 12.5 Å². The Labute approximate surface area is 163 Å². The van der Waals surface area contributed by atoms with Gasteiger partial charge in [0.15, 0.2) is 0 Å². The first-order valence-corrected chi connectivity index (χ1v) is 9.17. The van der Waals surface area contributed by atoms with E-state index in [0.29, 0.717) is 12.0 Å². The lowest BCUT2D eigenvalue weighted by Crippen LogP contribution is -2.45. The Kier molecular flexibility index (Phi) is 4.77. The summed E-state index contributed by atoms with van der Waals surface area (Å²) in [6.07, 6.45) is 0.344. The van der Waals surface area contributed by atoms with Crippen molar-refractivity contribution in [3.05, 3.63) is 96.1 Å². The standard InChI is InChI=1S/C24H20N2O2/c25-23(27)22(15-16-12-13-17-6-1-2-8-19(17)14-16)26-24(28)21-11-5-9-18-7-3-4-10-20(18)21/h1-14,22H,15H2,(H2,25,27)(H,26,28)/t22-/m1/s1. The van der Waals surface area contributed by atoms with Crippen molar-refractivity contribution in [1.29, 1.82) is 0 Å². The molecule has 0 unspecified atom stereocenters. The van der Waals surface area contributed by atoms with Crippen molar-refractivity contribution in [2.75, 3.05) is 0 Å². The van der Waals surface area contributed by atoms with E-state index in [9.17, 15) is 9.59 Å². The van der Waals surface area contributed by atoms with Gasteiger partial charge in [-0.25, -0.2) is 0 Å². The van der Waals surface area contributed by atoms with E-state index in [-0.39, 0.29) is 5.91 Å². The van der Waals surface area contributed by atoms with E-state index >= 15 is 0 Å². The van der Waals surface area contributed by atoms with E-state index in [1.165, 1.54) is 0 Å². The number of hydrogen-bond acceptors (Lipinski definition) is 2. The molecule has 2 amide bonds. The molecule has 0 fully saturated rings. The first-order chi connectivity index (χ1) is 13.6. The third kappa shape index (κ3) is 3.58. The molecule has 1 atom stereocenters. The van der Waals surface area contributed by atoms with Crippen molar-refractivity contribution in [2.24, 2.45) is 5.73 Å². The highest BCUT2D eigenvalue weighted by Crippen LogP contribution is 2.19. The Bertz CT molecular complexity index is 1180. The number of carbonyl (C=O) groups excluding carboxylic acids is 2. The van der Waals surface area contributed by atoms with Crippen molar-refractivity contribution < 1.29 is 9.59 Å². The molecule has 0 aromatic heterocycles. The number of hydrogen-bond donors (Lipinski definition) is 2. The summed E-state index contributed by atoms with van der Waals surface area (Å²) < 4.78 is 0. The van der Waals surface area contributed by atoms with E-state index in [1.54, 1.807) is 6.07 Å². The number of fused-ring (bicyclic) bond motifs is 2. The van der Waals surface area contributed by atoms with Crippen LogP contribution in [0.2, 0.25) is 0 Å². The molecule has 4 heteroatoms. The summed E-state index contributed by atoms with van der Waals surface area (Å²) in [6, 6.07) is 26.4. The molecule has 4 aromatic carbocycles. The van der Waals surface area contributed by atoms with E-state index in [4.69, 9.17) is 5.73 Å². The van der Waals surface area contributed by atoms with Crippen molar-refractivity contribution in [1.82, 2.24) is 5.32 Å². The summed E-state index contributed by atoms with van der Waals surface area (Å²) in [5.41, 5.74) is 7.06. The SMILES string of the molecule is NC(=O)[C@@H](Cc1ccc2ccccc2c1)NC(=O)c1cccc2ccccc12. The molecule has 0 aliphatic carbocycles. The predicted octanol–water partition coefficient (Wildman–Crippen LogP) is 3.82. The average molecular weight is 368 g/mol. The number of benzene rings is 4. The van der Waals surface area contributed by atoms with Gasteiger partial charge < -0.3 is 11.1 Å². The minimum absolute atomic E-state index is 0.304. The quantitative estimate of drug-likeness (QED) is 0.562. The Hall–Kier alpha value is -3.66. The minimum atomic E-state index is -0.785. The number of nitrogens with two attached hydrogens (primary N) is 1. The fourth-order valence-electron chi connectivity index (χ4n) is 3.48. The topological polar surface area (TPSA) is 72.2 Å². The van der Waals surface area contributed by atoms with Gasteiger partial charge in [-0.2, -0.15) is 0 Å². The molecule has 4 aromatic rings. The monoisotopic (exact) mass is 368 g/mol. The van der Waals surface area contributed by atoms with Gasteiger partial charge >= 0.3 is 0 Å². The smallest absolute Gasteiger partial charge is 0.252 e. The van der Waals surface area contributed by atoms with Gasteiger partial charge in [0.1, 0.15) is 6.04 Å². The molecule has 0 saturated heterocycles. The maximum absolute atomic E-state index is 12.9. The van der Waals surface area contributed by atoms with Gasteiger partial charge in [-0.15, -0.1) is 0 Å². The molecule has 4 rings (SSSR count). The highest BCUT2D eigenvalue weighted by Gasteiger charge is 2.20. The zero-order chi connectivity index (χ0) is 19.5. The molecule has 0 radical (unpaired) electrons. The van der Waals surface area contributed by atoms with Crippen molar-refractivity contribution in [3.8, 4) is 0 Å². The van der Waals surface area contributed by atoms with Gasteiger partial charge in [0, 0.05) is 12.0 Å². The van der Waals surface area contributed by atoms with Crippen LogP contribution >= 0.6 is 0 Å². The van der Waals surface area contributed by atoms with E-state index in [0.717, 1.165) is 27.1 Å². The Morgan fingerprint density at radius 1 is 0.786 bits per heavy atom. The maximum atomic E-state index is 12.9. The summed E-state index contributed by atoms with van der Waals surface area (Å²) in [5, 5.41) is 6.84. The highest BCUT2D eigenvalue weighted by atomic mass is 16.2. The van der Waals surface area contributed by atoms with Crippen LogP contribution in [0.5, 0.6) is 0 Å². The van der Waals surface area contributed by atoms with Crippen LogP contribution in [0, 0.1) is 0 Å². The molecule has 0 spiro atoms. The molecular formula is C24H20N2O2. The average Bonchev–Trinajstić information content (AvgIpc) is 2.72. The van der Waals surface area contributed by atoms with Crippen LogP contribution < -0.4 is 11.1 Å². The first-order valence-electron chi connectivity index (χ1n) is 9.17. The molecule has 0 aliphatic heterocycles. The molecular weight excluding hydrogens is 348 g/mol. The van der Waals surface area contributed by atoms with Crippen LogP contribution in [0.15, 0.2) is 84.9 Å². The van der Waals surface area contributed by atoms with Crippen LogP contribution in [0.4, 0.5) is 0 Å². The number of primary amides is 1. The largest absolute Gasteiger partial charge is 0.368 e. The summed E-state index contributed by atoms with van der Waals surface area (Å²) >= 11 is 0. The predicted molar refractivity (Wildman–Crippen MR) is 112 cm³/mol. The fraction of sp³-hybridized carbons (Fsp3) is 0.0833. The molecule has 0 bridgehead atoms. The number of amides is 2. The maximum Gasteiger partial charge on any atom is 0.252 e. The van der Waals surface area contributed by atoms with Crippen molar-refractivity contribution >= 4 is 33.4 Å². The zero-order valence-electron chi connectivity index (χ0n) is 15.3. The Balaban J connectivity index is 1.59. The van der Waals surface area contributed by atoms with Gasteiger partial charge in [-0.05, 0) is 33.2 Å². The lowest BCUT2D eigenvalue weighted by molar-refractivity contribution is -0.119. The minimum Gasteiger partial charge on any atom is -0.368 e. The van der Waals surface area contributed by atoms with Gasteiger partial charge in [0.2, 0.25) is 5.91 Å². The van der Waals surface area contributed by atoms with Crippen LogP contribution in [0.3, 0.4) is 0 Å². The molecule has 0 saturated carbocycles. The lowest BCUT2D eigenvalue weighted by Gasteiger charge is -2.17. The summed E-state index contributed by atoms with van der Waals surface area (Å²) in [6.45, 7) is 0. The van der Waals surface area contributed by atoms with E-state index in [2.05, 4.69) is 5.32 Å². The van der Waals surface area contributed by atoms with E-state index < -0.39 is 11.9 Å². The van der Waals surface area contributed by atoms with Gasteiger partial charge in [-0.3, -0.25) is 9.59 Å². The summed E-state index contributed by atoms with van der Waals surface area (Å²) in [4.78, 5) is 24.9. The summed E-state index contributed by atoms with van der Waals surface area (Å²) in [5.74, 6) is -0.858. The Morgan fingerprint density at radius 2 is 1.46 bits per heavy atom. The third-order valence-corrected chi connectivity index (χ3v) is 4.94. The van der Waals surface area contributed by atoms with Crippen LogP contribution in [0.25, 0.3) is 21.5 Å². The zero-order valence-corrected chi connectivity index (χ0v) is 15.3. The van der Waals surface area contributed by atoms with Gasteiger partial charge in [-0.1, -0.05) is 78.9 Å². The Morgan fingerprint density at radius 3 is 2.25 bits per heavy atom. The second kappa shape index (κ2) is 7.53. The third-order valence-electron chi connectivity index (χ3n) is 4.94. The molecule has 0 aliphatic rings. The van der Waals surface area contributed by atoms with Crippen LogP contribution in [-0.2, 0) is 11.2 Å². The first kappa shape index (κ1) is 17.7. The van der Waals surface area contributed by atoms with Crippen molar-refractivity contribution in [3.63, 3.8) is 0 Å². The van der Waals surface area contributed by atoms with Gasteiger partial charge in [0.25, 0.3) is 5.91 Å². The second-order valence-electron chi connectivity index (χ2n) is 6.84. The molecule has 3 N–H and O–H groups in total. The fourth-order valence-corrected chi connectivity index (χ4v) is 3.48. The molecule has 0 heterocycles. The van der Waals surface area contributed by atoms with Crippen LogP contribution in [0.1, 0.15) is 15.9 Å². The summed E-state index contributed by atoms with van der Waals surface area (Å²) in [7, 11) is 0. The lowest BCUT2D eigenvalue weighted by atomic mass is 10.00. The number of nitrogens with one attached hydrogen (secondary N) is 1. The normalized spacial score (nSPS) is 12.0.